The number of halogens is 1. The Labute approximate surface area is 222 Å². The summed E-state index contributed by atoms with van der Waals surface area (Å²) in [6.45, 7) is 6.74. The third-order valence-corrected chi connectivity index (χ3v) is 7.34. The molecule has 0 bridgehead atoms. The van der Waals surface area contributed by atoms with Crippen LogP contribution < -0.4 is 19.9 Å². The number of aromatic nitrogens is 2. The molecule has 3 aromatic rings. The van der Waals surface area contributed by atoms with Gasteiger partial charge in [-0.2, -0.15) is 4.98 Å². The standard InChI is InChI=1S/C28H35FN6O3/c1-37-25-11-5-21(6-12-25)26-31-28(38-32-26)35-15-2-4-22(20-35)27(36)30-13-3-14-33-16-18-34(19-17-33)24-9-7-23(29)8-10-24/h5-12,22H,2-4,13-20H2,1H3,(H,30,36)/t22-/m1/s1. The lowest BCUT2D eigenvalue weighted by Crippen LogP contribution is -2.47. The van der Waals surface area contributed by atoms with E-state index in [9.17, 15) is 9.18 Å². The Morgan fingerprint density at radius 1 is 1.05 bits per heavy atom. The quantitative estimate of drug-likeness (QED) is 0.428. The van der Waals surface area contributed by atoms with E-state index in [2.05, 4.69) is 25.3 Å². The lowest BCUT2D eigenvalue weighted by molar-refractivity contribution is -0.125. The molecule has 2 aromatic carbocycles. The maximum atomic E-state index is 13.2. The number of methoxy groups -OCH3 is 1. The first-order chi connectivity index (χ1) is 18.6. The minimum absolute atomic E-state index is 0.0886. The minimum Gasteiger partial charge on any atom is -0.497 e. The summed E-state index contributed by atoms with van der Waals surface area (Å²) in [6.07, 6.45) is 2.66. The minimum atomic E-state index is -0.205. The Morgan fingerprint density at radius 3 is 2.55 bits per heavy atom. The highest BCUT2D eigenvalue weighted by Crippen LogP contribution is 2.26. The van der Waals surface area contributed by atoms with E-state index in [1.807, 2.05) is 41.3 Å². The van der Waals surface area contributed by atoms with Crippen molar-refractivity contribution in [2.45, 2.75) is 19.3 Å². The van der Waals surface area contributed by atoms with Crippen LogP contribution in [0.3, 0.4) is 0 Å². The van der Waals surface area contributed by atoms with Crippen LogP contribution in [-0.2, 0) is 4.79 Å². The van der Waals surface area contributed by atoms with Gasteiger partial charge in [-0.3, -0.25) is 9.69 Å². The smallest absolute Gasteiger partial charge is 0.324 e. The van der Waals surface area contributed by atoms with Crippen LogP contribution in [-0.4, -0.2) is 80.4 Å². The highest BCUT2D eigenvalue weighted by atomic mass is 19.1. The van der Waals surface area contributed by atoms with Gasteiger partial charge in [0.25, 0.3) is 0 Å². The molecule has 9 nitrogen and oxygen atoms in total. The molecule has 1 amide bonds. The van der Waals surface area contributed by atoms with Crippen LogP contribution in [0.2, 0.25) is 0 Å². The van der Waals surface area contributed by atoms with Crippen LogP contribution in [0, 0.1) is 11.7 Å². The molecule has 0 radical (unpaired) electrons. The van der Waals surface area contributed by atoms with Crippen molar-refractivity contribution in [3.05, 3.63) is 54.3 Å². The van der Waals surface area contributed by atoms with Gasteiger partial charge < -0.3 is 24.4 Å². The second-order valence-electron chi connectivity index (χ2n) is 9.86. The van der Waals surface area contributed by atoms with E-state index < -0.39 is 0 Å². The van der Waals surface area contributed by atoms with Crippen LogP contribution in [0.5, 0.6) is 5.75 Å². The average Bonchev–Trinajstić information content (AvgIpc) is 3.47. The van der Waals surface area contributed by atoms with Crippen LogP contribution in [0.4, 0.5) is 16.1 Å². The average molecular weight is 523 g/mol. The third kappa shape index (κ3) is 6.42. The fraction of sp³-hybridized carbons (Fsp3) is 0.464. The molecule has 0 spiro atoms. The summed E-state index contributed by atoms with van der Waals surface area (Å²) in [5.74, 6) is 1.08. The number of carbonyl (C=O) groups excluding carboxylic acids is 1. The topological polar surface area (TPSA) is 87.0 Å². The van der Waals surface area contributed by atoms with Crippen LogP contribution >= 0.6 is 0 Å². The summed E-state index contributed by atoms with van der Waals surface area (Å²) in [6, 6.07) is 14.7. The van der Waals surface area contributed by atoms with Crippen molar-refractivity contribution in [3.8, 4) is 17.1 Å². The molecule has 38 heavy (non-hydrogen) atoms. The monoisotopic (exact) mass is 522 g/mol. The summed E-state index contributed by atoms with van der Waals surface area (Å²) < 4.78 is 23.9. The van der Waals surface area contributed by atoms with Gasteiger partial charge in [0.2, 0.25) is 11.7 Å². The lowest BCUT2D eigenvalue weighted by Gasteiger charge is -2.36. The lowest BCUT2D eigenvalue weighted by atomic mass is 9.97. The first-order valence-corrected chi connectivity index (χ1v) is 13.3. The molecular formula is C28H35FN6O3. The maximum Gasteiger partial charge on any atom is 0.324 e. The van der Waals surface area contributed by atoms with Crippen LogP contribution in [0.15, 0.2) is 53.1 Å². The molecule has 5 rings (SSSR count). The van der Waals surface area contributed by atoms with Gasteiger partial charge in [0.05, 0.1) is 13.0 Å². The van der Waals surface area contributed by atoms with E-state index in [1.54, 1.807) is 7.11 Å². The number of benzene rings is 2. The zero-order chi connectivity index (χ0) is 26.3. The Bertz CT molecular complexity index is 1180. The van der Waals surface area contributed by atoms with Crippen molar-refractivity contribution in [2.75, 3.05) is 69.3 Å². The van der Waals surface area contributed by atoms with Crippen LogP contribution in [0.25, 0.3) is 11.4 Å². The van der Waals surface area contributed by atoms with Crippen molar-refractivity contribution in [2.24, 2.45) is 5.92 Å². The molecule has 1 atom stereocenters. The summed E-state index contributed by atoms with van der Waals surface area (Å²) in [4.78, 5) is 24.1. The van der Waals surface area contributed by atoms with Gasteiger partial charge in [-0.1, -0.05) is 5.16 Å². The number of anilines is 2. The van der Waals surface area contributed by atoms with Gasteiger partial charge in [-0.05, 0) is 74.3 Å². The largest absolute Gasteiger partial charge is 0.497 e. The predicted molar refractivity (Wildman–Crippen MR) is 144 cm³/mol. The predicted octanol–water partition coefficient (Wildman–Crippen LogP) is 3.43. The number of hydrogen-bond donors (Lipinski definition) is 1. The fourth-order valence-electron chi connectivity index (χ4n) is 5.11. The van der Waals surface area contributed by atoms with Crippen molar-refractivity contribution in [1.29, 1.82) is 0 Å². The van der Waals surface area contributed by atoms with E-state index in [4.69, 9.17) is 9.26 Å². The number of rotatable bonds is 9. The molecule has 2 aliphatic rings. The van der Waals surface area contributed by atoms with Crippen molar-refractivity contribution in [3.63, 3.8) is 0 Å². The first kappa shape index (κ1) is 26.0. The summed E-state index contributed by atoms with van der Waals surface area (Å²) in [7, 11) is 1.63. The SMILES string of the molecule is COc1ccc(-c2noc(N3CCC[C@@H](C(=O)NCCCN4CCN(c5ccc(F)cc5)CC4)C3)n2)cc1. The fourth-order valence-corrected chi connectivity index (χ4v) is 5.11. The number of nitrogens with one attached hydrogen (secondary N) is 1. The van der Waals surface area contributed by atoms with Crippen molar-refractivity contribution < 1.29 is 18.4 Å². The van der Waals surface area contributed by atoms with E-state index in [-0.39, 0.29) is 17.6 Å². The van der Waals surface area contributed by atoms with Crippen molar-refractivity contribution >= 4 is 17.6 Å². The Morgan fingerprint density at radius 2 is 1.82 bits per heavy atom. The first-order valence-electron chi connectivity index (χ1n) is 13.3. The molecule has 2 fully saturated rings. The van der Waals surface area contributed by atoms with Gasteiger partial charge in [0.1, 0.15) is 11.6 Å². The highest BCUT2D eigenvalue weighted by molar-refractivity contribution is 5.79. The summed E-state index contributed by atoms with van der Waals surface area (Å²) >= 11 is 0. The molecule has 0 aliphatic carbocycles. The number of hydrogen-bond acceptors (Lipinski definition) is 8. The van der Waals surface area contributed by atoms with Crippen molar-refractivity contribution in [1.82, 2.24) is 20.4 Å². The molecule has 2 aliphatic heterocycles. The number of carbonyl (C=O) groups is 1. The number of nitrogens with zero attached hydrogens (tertiary/aromatic N) is 5. The molecule has 202 valence electrons. The molecule has 2 saturated heterocycles. The molecule has 10 heteroatoms. The Hall–Kier alpha value is -3.66. The van der Waals surface area contributed by atoms with Gasteiger partial charge in [0.15, 0.2) is 0 Å². The molecule has 1 N–H and O–H groups in total. The zero-order valence-electron chi connectivity index (χ0n) is 21.8. The molecular weight excluding hydrogens is 487 g/mol. The molecule has 0 saturated carbocycles. The van der Waals surface area contributed by atoms with Gasteiger partial charge in [0, 0.05) is 57.1 Å². The van der Waals surface area contributed by atoms with E-state index >= 15 is 0 Å². The van der Waals surface area contributed by atoms with E-state index in [1.165, 1.54) is 12.1 Å². The van der Waals surface area contributed by atoms with Gasteiger partial charge in [-0.15, -0.1) is 0 Å². The van der Waals surface area contributed by atoms with Crippen LogP contribution in [0.1, 0.15) is 19.3 Å². The zero-order valence-corrected chi connectivity index (χ0v) is 21.8. The maximum absolute atomic E-state index is 13.2. The van der Waals surface area contributed by atoms with Gasteiger partial charge in [-0.25, -0.2) is 4.39 Å². The molecule has 0 unspecified atom stereocenters. The van der Waals surface area contributed by atoms with E-state index in [0.717, 1.165) is 75.5 Å². The van der Waals surface area contributed by atoms with Gasteiger partial charge >= 0.3 is 6.01 Å². The highest BCUT2D eigenvalue weighted by Gasteiger charge is 2.28. The number of ether oxygens (including phenoxy) is 1. The third-order valence-electron chi connectivity index (χ3n) is 7.34. The van der Waals surface area contributed by atoms with E-state index in [0.29, 0.717) is 24.9 Å². The normalized spacial score (nSPS) is 18.4. The second-order valence-corrected chi connectivity index (χ2v) is 9.86. The number of amides is 1. The Kier molecular flexibility index (Phi) is 8.37. The summed E-state index contributed by atoms with van der Waals surface area (Å²) in [5, 5.41) is 7.25. The number of piperazine rings is 1. The summed E-state index contributed by atoms with van der Waals surface area (Å²) in [5.41, 5.74) is 1.92. The molecule has 3 heterocycles. The Balaban J connectivity index is 1.03. The second kappa shape index (κ2) is 12.3. The number of piperidine rings is 1. The molecule has 1 aromatic heterocycles.